The summed E-state index contributed by atoms with van der Waals surface area (Å²) in [6.45, 7) is 0.176. The van der Waals surface area contributed by atoms with Crippen molar-refractivity contribution in [2.45, 2.75) is 19.0 Å². The van der Waals surface area contributed by atoms with Gasteiger partial charge in [0.05, 0.1) is 7.11 Å². The highest BCUT2D eigenvalue weighted by Crippen LogP contribution is 2.20. The number of carbonyl (C=O) groups is 2. The molecule has 0 radical (unpaired) electrons. The van der Waals surface area contributed by atoms with Gasteiger partial charge in [0.15, 0.2) is 6.61 Å². The van der Waals surface area contributed by atoms with Crippen LogP contribution in [0.25, 0.3) is 0 Å². The van der Waals surface area contributed by atoms with Gasteiger partial charge in [-0.25, -0.2) is 4.79 Å². The molecule has 0 N–H and O–H groups in total. The molecule has 1 heterocycles. The van der Waals surface area contributed by atoms with E-state index in [4.69, 9.17) is 9.47 Å². The molecule has 0 spiro atoms. The maximum absolute atomic E-state index is 12.3. The second kappa shape index (κ2) is 7.17. The number of hydrogen-bond donors (Lipinski definition) is 0. The SMILES string of the molecule is COc1ccc(CN2C(=O)COC(=O)[C@@H]2Cc2ccccc2)cc1. The van der Waals surface area contributed by atoms with Crippen molar-refractivity contribution in [3.8, 4) is 5.75 Å². The van der Waals surface area contributed by atoms with Crippen LogP contribution in [0.1, 0.15) is 11.1 Å². The summed E-state index contributed by atoms with van der Waals surface area (Å²) >= 11 is 0. The third-order valence-corrected chi connectivity index (χ3v) is 4.09. The van der Waals surface area contributed by atoms with Crippen LogP contribution in [-0.4, -0.2) is 36.5 Å². The maximum Gasteiger partial charge on any atom is 0.329 e. The molecule has 1 atom stereocenters. The van der Waals surface area contributed by atoms with Crippen molar-refractivity contribution < 1.29 is 19.1 Å². The van der Waals surface area contributed by atoms with Gasteiger partial charge in [0, 0.05) is 13.0 Å². The van der Waals surface area contributed by atoms with Crippen molar-refractivity contribution in [2.24, 2.45) is 0 Å². The van der Waals surface area contributed by atoms with E-state index in [1.165, 1.54) is 0 Å². The Labute approximate surface area is 140 Å². The molecule has 2 aromatic rings. The van der Waals surface area contributed by atoms with Crippen molar-refractivity contribution in [1.82, 2.24) is 4.90 Å². The molecule has 0 saturated carbocycles. The summed E-state index contributed by atoms with van der Waals surface area (Å²) in [4.78, 5) is 26.1. The summed E-state index contributed by atoms with van der Waals surface area (Å²) in [7, 11) is 1.61. The van der Waals surface area contributed by atoms with Crippen LogP contribution in [0.5, 0.6) is 5.75 Å². The fraction of sp³-hybridized carbons (Fsp3) is 0.263. The molecule has 3 rings (SSSR count). The second-order valence-corrected chi connectivity index (χ2v) is 5.68. The van der Waals surface area contributed by atoms with Crippen LogP contribution in [0.15, 0.2) is 54.6 Å². The van der Waals surface area contributed by atoms with Gasteiger partial charge in [-0.1, -0.05) is 42.5 Å². The number of nitrogens with zero attached hydrogens (tertiary/aromatic N) is 1. The summed E-state index contributed by atoms with van der Waals surface area (Å²) in [5.41, 5.74) is 1.94. The summed E-state index contributed by atoms with van der Waals surface area (Å²) in [6.07, 6.45) is 0.446. The number of ether oxygens (including phenoxy) is 2. The van der Waals surface area contributed by atoms with Gasteiger partial charge in [0.25, 0.3) is 5.91 Å². The van der Waals surface area contributed by atoms with E-state index >= 15 is 0 Å². The summed E-state index contributed by atoms with van der Waals surface area (Å²) < 4.78 is 10.2. The van der Waals surface area contributed by atoms with Gasteiger partial charge in [-0.05, 0) is 23.3 Å². The molecule has 0 aliphatic carbocycles. The maximum atomic E-state index is 12.3. The lowest BCUT2D eigenvalue weighted by atomic mass is 10.0. The van der Waals surface area contributed by atoms with Crippen LogP contribution in [0.2, 0.25) is 0 Å². The molecular formula is C19H19NO4. The molecule has 5 heteroatoms. The number of cyclic esters (lactones) is 1. The minimum atomic E-state index is -0.601. The van der Waals surface area contributed by atoms with Gasteiger partial charge in [0.1, 0.15) is 11.8 Å². The highest BCUT2D eigenvalue weighted by molar-refractivity contribution is 5.90. The van der Waals surface area contributed by atoms with Crippen LogP contribution in [0.3, 0.4) is 0 Å². The highest BCUT2D eigenvalue weighted by Gasteiger charge is 2.36. The molecule has 24 heavy (non-hydrogen) atoms. The largest absolute Gasteiger partial charge is 0.497 e. The lowest BCUT2D eigenvalue weighted by molar-refractivity contribution is -0.169. The molecule has 5 nitrogen and oxygen atoms in total. The van der Waals surface area contributed by atoms with Crippen LogP contribution in [0.4, 0.5) is 0 Å². The highest BCUT2D eigenvalue weighted by atomic mass is 16.5. The quantitative estimate of drug-likeness (QED) is 0.791. The van der Waals surface area contributed by atoms with Crippen LogP contribution in [-0.2, 0) is 27.3 Å². The number of carbonyl (C=O) groups excluding carboxylic acids is 2. The van der Waals surface area contributed by atoms with Gasteiger partial charge >= 0.3 is 5.97 Å². The smallest absolute Gasteiger partial charge is 0.329 e. The third kappa shape index (κ3) is 3.56. The predicted molar refractivity (Wildman–Crippen MR) is 88.4 cm³/mol. The molecule has 1 fully saturated rings. The average Bonchev–Trinajstić information content (AvgIpc) is 2.62. The lowest BCUT2D eigenvalue weighted by Crippen LogP contribution is -2.52. The Morgan fingerprint density at radius 3 is 2.42 bits per heavy atom. The van der Waals surface area contributed by atoms with Crippen molar-refractivity contribution in [3.05, 3.63) is 65.7 Å². The van der Waals surface area contributed by atoms with E-state index in [9.17, 15) is 9.59 Å². The molecule has 1 aliphatic rings. The number of rotatable bonds is 5. The summed E-state index contributed by atoms with van der Waals surface area (Å²) in [5.74, 6) is 0.224. The Balaban J connectivity index is 1.80. The summed E-state index contributed by atoms with van der Waals surface area (Å²) in [5, 5.41) is 0. The number of morpholine rings is 1. The second-order valence-electron chi connectivity index (χ2n) is 5.68. The zero-order valence-electron chi connectivity index (χ0n) is 13.5. The first-order chi connectivity index (χ1) is 11.7. The molecule has 0 unspecified atom stereocenters. The molecule has 124 valence electrons. The first-order valence-electron chi connectivity index (χ1n) is 7.80. The van der Waals surface area contributed by atoms with Crippen LogP contribution in [0, 0.1) is 0 Å². The molecule has 1 aliphatic heterocycles. The Hall–Kier alpha value is -2.82. The molecule has 1 saturated heterocycles. The molecule has 1 amide bonds. The Kier molecular flexibility index (Phi) is 4.79. The molecular weight excluding hydrogens is 306 g/mol. The Bertz CT molecular complexity index is 712. The standard InChI is InChI=1S/C19H19NO4/c1-23-16-9-7-15(8-10-16)12-20-17(19(22)24-13-18(20)21)11-14-5-3-2-4-6-14/h2-10,17H,11-13H2,1H3/t17-/m0/s1. The average molecular weight is 325 g/mol. The van der Waals surface area contributed by atoms with Crippen molar-refractivity contribution in [1.29, 1.82) is 0 Å². The Morgan fingerprint density at radius 1 is 1.04 bits per heavy atom. The Morgan fingerprint density at radius 2 is 1.75 bits per heavy atom. The molecule has 2 aromatic carbocycles. The molecule has 0 bridgehead atoms. The first kappa shape index (κ1) is 16.1. The van der Waals surface area contributed by atoms with E-state index in [2.05, 4.69) is 0 Å². The minimum absolute atomic E-state index is 0.175. The number of esters is 1. The van der Waals surface area contributed by atoms with E-state index in [0.29, 0.717) is 13.0 Å². The number of amides is 1. The van der Waals surface area contributed by atoms with Crippen LogP contribution < -0.4 is 4.74 Å². The number of hydrogen-bond acceptors (Lipinski definition) is 4. The van der Waals surface area contributed by atoms with Crippen molar-refractivity contribution in [2.75, 3.05) is 13.7 Å². The van der Waals surface area contributed by atoms with Crippen LogP contribution >= 0.6 is 0 Å². The fourth-order valence-corrected chi connectivity index (χ4v) is 2.77. The zero-order chi connectivity index (χ0) is 16.9. The van der Waals surface area contributed by atoms with Gasteiger partial charge in [-0.15, -0.1) is 0 Å². The normalized spacial score (nSPS) is 17.5. The lowest BCUT2D eigenvalue weighted by Gasteiger charge is -2.34. The van der Waals surface area contributed by atoms with E-state index in [-0.39, 0.29) is 18.5 Å². The van der Waals surface area contributed by atoms with E-state index in [1.54, 1.807) is 12.0 Å². The fourth-order valence-electron chi connectivity index (χ4n) is 2.77. The molecule has 0 aromatic heterocycles. The monoisotopic (exact) mass is 325 g/mol. The zero-order valence-corrected chi connectivity index (χ0v) is 13.5. The third-order valence-electron chi connectivity index (χ3n) is 4.09. The van der Waals surface area contributed by atoms with E-state index in [1.807, 2.05) is 54.6 Å². The predicted octanol–water partition coefficient (Wildman–Crippen LogP) is 2.19. The summed E-state index contributed by atoms with van der Waals surface area (Å²) in [6, 6.07) is 16.5. The number of methoxy groups -OCH3 is 1. The first-order valence-corrected chi connectivity index (χ1v) is 7.80. The van der Waals surface area contributed by atoms with Gasteiger partial charge < -0.3 is 14.4 Å². The van der Waals surface area contributed by atoms with Gasteiger partial charge in [-0.3, -0.25) is 4.79 Å². The topological polar surface area (TPSA) is 55.8 Å². The number of benzene rings is 2. The van der Waals surface area contributed by atoms with E-state index in [0.717, 1.165) is 16.9 Å². The van der Waals surface area contributed by atoms with Gasteiger partial charge in [0.2, 0.25) is 0 Å². The minimum Gasteiger partial charge on any atom is -0.497 e. The van der Waals surface area contributed by atoms with Gasteiger partial charge in [-0.2, -0.15) is 0 Å². The van der Waals surface area contributed by atoms with Crippen molar-refractivity contribution in [3.63, 3.8) is 0 Å². The van der Waals surface area contributed by atoms with Crippen molar-refractivity contribution >= 4 is 11.9 Å². The van der Waals surface area contributed by atoms with E-state index < -0.39 is 6.04 Å².